The van der Waals surface area contributed by atoms with E-state index in [1.165, 1.54) is 0 Å². The fourth-order valence-electron chi connectivity index (χ4n) is 2.85. The Morgan fingerprint density at radius 1 is 1.24 bits per heavy atom. The van der Waals surface area contributed by atoms with Crippen molar-refractivity contribution in [2.45, 2.75) is 26.0 Å². The summed E-state index contributed by atoms with van der Waals surface area (Å²) in [5.41, 5.74) is 1.88. The molecule has 0 aliphatic carbocycles. The number of ether oxygens (including phenoxy) is 3. The highest BCUT2D eigenvalue weighted by molar-refractivity contribution is 5.51. The Morgan fingerprint density at radius 3 is 2.62 bits per heavy atom. The summed E-state index contributed by atoms with van der Waals surface area (Å²) in [4.78, 5) is 2.23. The van der Waals surface area contributed by atoms with E-state index in [9.17, 15) is 5.11 Å². The van der Waals surface area contributed by atoms with Gasteiger partial charge in [-0.3, -0.25) is 4.90 Å². The number of hydrogen-bond donors (Lipinski definition) is 1. The van der Waals surface area contributed by atoms with Gasteiger partial charge in [0.1, 0.15) is 11.5 Å². The van der Waals surface area contributed by atoms with E-state index in [4.69, 9.17) is 14.2 Å². The summed E-state index contributed by atoms with van der Waals surface area (Å²) in [6.45, 7) is 5.78. The van der Waals surface area contributed by atoms with Crippen LogP contribution in [0.1, 0.15) is 30.6 Å². The van der Waals surface area contributed by atoms with Gasteiger partial charge in [0.05, 0.1) is 20.3 Å². The predicted octanol–water partition coefficient (Wildman–Crippen LogP) is 1.98. The second kappa shape index (κ2) is 7.64. The molecule has 0 aromatic heterocycles. The monoisotopic (exact) mass is 295 g/mol. The molecule has 0 spiro atoms. The van der Waals surface area contributed by atoms with Crippen LogP contribution in [-0.4, -0.2) is 50.5 Å². The van der Waals surface area contributed by atoms with E-state index < -0.39 is 6.10 Å². The molecule has 1 atom stereocenters. The molecule has 1 aliphatic rings. The summed E-state index contributed by atoms with van der Waals surface area (Å²) in [6, 6.07) is 3.75. The highest BCUT2D eigenvalue weighted by atomic mass is 16.5. The Kier molecular flexibility index (Phi) is 5.85. The smallest absolute Gasteiger partial charge is 0.125 e. The second-order valence-corrected chi connectivity index (χ2v) is 5.16. The SMILES string of the molecule is CCOCCCN1Cc2c(OC)ccc(OC)c2[C@H](O)C1. The van der Waals surface area contributed by atoms with Crippen molar-refractivity contribution in [1.29, 1.82) is 0 Å². The van der Waals surface area contributed by atoms with Crippen LogP contribution in [0.25, 0.3) is 0 Å². The van der Waals surface area contributed by atoms with Crippen molar-refractivity contribution in [3.8, 4) is 11.5 Å². The molecule has 1 aromatic rings. The summed E-state index contributed by atoms with van der Waals surface area (Å²) < 4.78 is 16.2. The Bertz CT molecular complexity index is 464. The summed E-state index contributed by atoms with van der Waals surface area (Å²) in [5, 5.41) is 10.5. The van der Waals surface area contributed by atoms with Gasteiger partial charge in [-0.1, -0.05) is 0 Å². The van der Waals surface area contributed by atoms with Gasteiger partial charge in [0.2, 0.25) is 0 Å². The van der Waals surface area contributed by atoms with Crippen LogP contribution < -0.4 is 9.47 Å². The normalized spacial score (nSPS) is 18.4. The number of nitrogens with zero attached hydrogens (tertiary/aromatic N) is 1. The minimum absolute atomic E-state index is 0.550. The van der Waals surface area contributed by atoms with Crippen molar-refractivity contribution in [2.24, 2.45) is 0 Å². The first-order valence-corrected chi connectivity index (χ1v) is 7.43. The molecular formula is C16H25NO4. The van der Waals surface area contributed by atoms with Crippen molar-refractivity contribution >= 4 is 0 Å². The van der Waals surface area contributed by atoms with Gasteiger partial charge in [-0.2, -0.15) is 0 Å². The summed E-state index contributed by atoms with van der Waals surface area (Å²) in [7, 11) is 3.28. The van der Waals surface area contributed by atoms with Crippen LogP contribution in [0.5, 0.6) is 11.5 Å². The zero-order valence-corrected chi connectivity index (χ0v) is 13.1. The van der Waals surface area contributed by atoms with Gasteiger partial charge in [-0.05, 0) is 25.5 Å². The minimum Gasteiger partial charge on any atom is -0.496 e. The fraction of sp³-hybridized carbons (Fsp3) is 0.625. The number of benzene rings is 1. The average molecular weight is 295 g/mol. The summed E-state index contributed by atoms with van der Waals surface area (Å²) >= 11 is 0. The lowest BCUT2D eigenvalue weighted by molar-refractivity contribution is 0.0766. The van der Waals surface area contributed by atoms with Gasteiger partial charge in [0.25, 0.3) is 0 Å². The van der Waals surface area contributed by atoms with Crippen molar-refractivity contribution in [2.75, 3.05) is 40.5 Å². The molecule has 1 aromatic carbocycles. The number of rotatable bonds is 7. The summed E-state index contributed by atoms with van der Waals surface area (Å²) in [5.74, 6) is 1.53. The maximum Gasteiger partial charge on any atom is 0.125 e. The highest BCUT2D eigenvalue weighted by Gasteiger charge is 2.29. The van der Waals surface area contributed by atoms with Crippen LogP contribution in [0.4, 0.5) is 0 Å². The molecule has 0 fully saturated rings. The molecular weight excluding hydrogens is 270 g/mol. The molecule has 0 unspecified atom stereocenters. The van der Waals surface area contributed by atoms with E-state index >= 15 is 0 Å². The lowest BCUT2D eigenvalue weighted by Crippen LogP contribution is -2.35. The standard InChI is InChI=1S/C16H25NO4/c1-4-21-9-5-8-17-10-12-14(19-2)6-7-15(20-3)16(12)13(18)11-17/h6-7,13,18H,4-5,8-11H2,1-3H3/t13-/m1/s1. The van der Waals surface area contributed by atoms with Crippen molar-refractivity contribution < 1.29 is 19.3 Å². The Morgan fingerprint density at radius 2 is 1.95 bits per heavy atom. The zero-order chi connectivity index (χ0) is 15.2. The van der Waals surface area contributed by atoms with Gasteiger partial charge in [0.15, 0.2) is 0 Å². The number of β-amino-alcohol motifs (C(OH)–C–C–N with tert-alkyl or cyclic N) is 1. The molecule has 118 valence electrons. The van der Waals surface area contributed by atoms with Gasteiger partial charge < -0.3 is 19.3 Å². The van der Waals surface area contributed by atoms with Crippen LogP contribution in [0.15, 0.2) is 12.1 Å². The maximum atomic E-state index is 10.5. The molecule has 0 saturated heterocycles. The predicted molar refractivity (Wildman–Crippen MR) is 80.9 cm³/mol. The fourth-order valence-corrected chi connectivity index (χ4v) is 2.85. The molecule has 0 saturated carbocycles. The largest absolute Gasteiger partial charge is 0.496 e. The first-order chi connectivity index (χ1) is 10.2. The minimum atomic E-state index is -0.550. The molecule has 1 aliphatic heterocycles. The van der Waals surface area contributed by atoms with E-state index in [2.05, 4.69) is 4.90 Å². The third-order valence-electron chi connectivity index (χ3n) is 3.83. The molecule has 0 amide bonds. The van der Waals surface area contributed by atoms with Crippen molar-refractivity contribution in [1.82, 2.24) is 4.90 Å². The quantitative estimate of drug-likeness (QED) is 0.780. The third kappa shape index (κ3) is 3.67. The van der Waals surface area contributed by atoms with Gasteiger partial charge in [-0.15, -0.1) is 0 Å². The molecule has 1 heterocycles. The lowest BCUT2D eigenvalue weighted by atomic mass is 9.95. The molecule has 2 rings (SSSR count). The number of methoxy groups -OCH3 is 2. The highest BCUT2D eigenvalue weighted by Crippen LogP contribution is 2.39. The van der Waals surface area contributed by atoms with Gasteiger partial charge >= 0.3 is 0 Å². The summed E-state index contributed by atoms with van der Waals surface area (Å²) in [6.07, 6.45) is 0.410. The number of aliphatic hydroxyl groups excluding tert-OH is 1. The number of hydrogen-bond acceptors (Lipinski definition) is 5. The van der Waals surface area contributed by atoms with E-state index in [0.717, 1.165) is 55.4 Å². The number of fused-ring (bicyclic) bond motifs is 1. The molecule has 5 heteroatoms. The first kappa shape index (κ1) is 16.1. The lowest BCUT2D eigenvalue weighted by Gasteiger charge is -2.33. The van der Waals surface area contributed by atoms with Crippen molar-refractivity contribution in [3.63, 3.8) is 0 Å². The second-order valence-electron chi connectivity index (χ2n) is 5.16. The van der Waals surface area contributed by atoms with Gasteiger partial charge in [0, 0.05) is 44.0 Å². The molecule has 1 N–H and O–H groups in total. The van der Waals surface area contributed by atoms with Crippen molar-refractivity contribution in [3.05, 3.63) is 23.3 Å². The van der Waals surface area contributed by atoms with Crippen LogP contribution in [0, 0.1) is 0 Å². The Balaban J connectivity index is 2.14. The van der Waals surface area contributed by atoms with Crippen LogP contribution >= 0.6 is 0 Å². The molecule has 5 nitrogen and oxygen atoms in total. The number of aliphatic hydroxyl groups is 1. The molecule has 0 bridgehead atoms. The topological polar surface area (TPSA) is 51.2 Å². The zero-order valence-electron chi connectivity index (χ0n) is 13.1. The average Bonchev–Trinajstić information content (AvgIpc) is 2.50. The van der Waals surface area contributed by atoms with E-state index in [1.807, 2.05) is 19.1 Å². The van der Waals surface area contributed by atoms with E-state index in [-0.39, 0.29) is 0 Å². The van der Waals surface area contributed by atoms with E-state index in [1.54, 1.807) is 14.2 Å². The maximum absolute atomic E-state index is 10.5. The first-order valence-electron chi connectivity index (χ1n) is 7.43. The Labute approximate surface area is 126 Å². The van der Waals surface area contributed by atoms with Gasteiger partial charge in [-0.25, -0.2) is 0 Å². The van der Waals surface area contributed by atoms with Crippen LogP contribution in [0.3, 0.4) is 0 Å². The Hall–Kier alpha value is -1.30. The van der Waals surface area contributed by atoms with E-state index in [0.29, 0.717) is 6.54 Å². The molecule has 0 radical (unpaired) electrons. The third-order valence-corrected chi connectivity index (χ3v) is 3.83. The van der Waals surface area contributed by atoms with Crippen LogP contribution in [0.2, 0.25) is 0 Å². The van der Waals surface area contributed by atoms with Crippen LogP contribution in [-0.2, 0) is 11.3 Å². The molecule has 21 heavy (non-hydrogen) atoms.